The summed E-state index contributed by atoms with van der Waals surface area (Å²) in [6.07, 6.45) is 0. The maximum absolute atomic E-state index is 4.99. The summed E-state index contributed by atoms with van der Waals surface area (Å²) in [5.41, 5.74) is 4.51. The van der Waals surface area contributed by atoms with Gasteiger partial charge in [0.2, 0.25) is 0 Å². The lowest BCUT2D eigenvalue weighted by Crippen LogP contribution is -2.19. The zero-order valence-electron chi connectivity index (χ0n) is 17.2. The molecule has 0 N–H and O–H groups in total. The SMILES string of the molecule is Cc1ccc(-c2nc(N(C)Cc3cccc4ccccc34)c3ccccc3n2)cc1. The van der Waals surface area contributed by atoms with E-state index < -0.39 is 0 Å². The van der Waals surface area contributed by atoms with Crippen molar-refractivity contribution in [1.29, 1.82) is 0 Å². The summed E-state index contributed by atoms with van der Waals surface area (Å²) in [7, 11) is 2.11. The first-order valence-corrected chi connectivity index (χ1v) is 10.2. The summed E-state index contributed by atoms with van der Waals surface area (Å²) in [6, 6.07) is 31.6. The van der Waals surface area contributed by atoms with E-state index >= 15 is 0 Å². The van der Waals surface area contributed by atoms with Gasteiger partial charge in [-0.05, 0) is 35.4 Å². The average molecular weight is 390 g/mol. The second-order valence-corrected chi connectivity index (χ2v) is 7.75. The van der Waals surface area contributed by atoms with E-state index in [-0.39, 0.29) is 0 Å². The Morgan fingerprint density at radius 3 is 2.23 bits per heavy atom. The van der Waals surface area contributed by atoms with E-state index in [0.717, 1.165) is 34.7 Å². The fourth-order valence-electron chi connectivity index (χ4n) is 3.94. The van der Waals surface area contributed by atoms with Gasteiger partial charge >= 0.3 is 0 Å². The third kappa shape index (κ3) is 3.39. The number of benzene rings is 4. The van der Waals surface area contributed by atoms with Gasteiger partial charge in [-0.1, -0.05) is 84.4 Å². The van der Waals surface area contributed by atoms with Crippen LogP contribution >= 0.6 is 0 Å². The fourth-order valence-corrected chi connectivity index (χ4v) is 3.94. The predicted molar refractivity (Wildman–Crippen MR) is 126 cm³/mol. The van der Waals surface area contributed by atoms with Crippen LogP contribution in [-0.2, 0) is 6.54 Å². The monoisotopic (exact) mass is 389 g/mol. The Morgan fingerprint density at radius 2 is 1.40 bits per heavy atom. The average Bonchev–Trinajstić information content (AvgIpc) is 2.79. The molecule has 0 amide bonds. The fraction of sp³-hybridized carbons (Fsp3) is 0.111. The number of rotatable bonds is 4. The molecule has 146 valence electrons. The maximum atomic E-state index is 4.99. The van der Waals surface area contributed by atoms with Crippen LogP contribution in [0.4, 0.5) is 5.82 Å². The van der Waals surface area contributed by atoms with Crippen molar-refractivity contribution in [3.63, 3.8) is 0 Å². The zero-order valence-corrected chi connectivity index (χ0v) is 17.2. The summed E-state index contributed by atoms with van der Waals surface area (Å²) in [6.45, 7) is 2.87. The molecular weight excluding hydrogens is 366 g/mol. The molecule has 0 aliphatic carbocycles. The minimum Gasteiger partial charge on any atom is -0.355 e. The second kappa shape index (κ2) is 7.60. The topological polar surface area (TPSA) is 29.0 Å². The van der Waals surface area contributed by atoms with E-state index in [0.29, 0.717) is 0 Å². The van der Waals surface area contributed by atoms with E-state index in [4.69, 9.17) is 9.97 Å². The lowest BCUT2D eigenvalue weighted by atomic mass is 10.0. The van der Waals surface area contributed by atoms with Gasteiger partial charge in [-0.3, -0.25) is 0 Å². The maximum Gasteiger partial charge on any atom is 0.162 e. The van der Waals surface area contributed by atoms with Crippen LogP contribution in [0.3, 0.4) is 0 Å². The Kier molecular flexibility index (Phi) is 4.64. The molecule has 0 saturated carbocycles. The molecule has 0 fully saturated rings. The van der Waals surface area contributed by atoms with E-state index in [9.17, 15) is 0 Å². The number of hydrogen-bond donors (Lipinski definition) is 0. The van der Waals surface area contributed by atoms with E-state index in [2.05, 4.69) is 97.7 Å². The summed E-state index contributed by atoms with van der Waals surface area (Å²) >= 11 is 0. The number of aryl methyl sites for hydroxylation is 1. The summed E-state index contributed by atoms with van der Waals surface area (Å²) in [5, 5.41) is 3.61. The van der Waals surface area contributed by atoms with Gasteiger partial charge in [0.1, 0.15) is 5.82 Å². The second-order valence-electron chi connectivity index (χ2n) is 7.75. The van der Waals surface area contributed by atoms with Crippen molar-refractivity contribution in [3.05, 3.63) is 102 Å². The molecule has 0 aliphatic heterocycles. The Labute approximate surface area is 176 Å². The molecule has 3 heteroatoms. The van der Waals surface area contributed by atoms with E-state index in [1.807, 2.05) is 12.1 Å². The molecule has 0 aliphatic rings. The van der Waals surface area contributed by atoms with Gasteiger partial charge in [0, 0.05) is 24.5 Å². The van der Waals surface area contributed by atoms with Crippen molar-refractivity contribution in [3.8, 4) is 11.4 Å². The Balaban J connectivity index is 1.61. The molecule has 0 bridgehead atoms. The van der Waals surface area contributed by atoms with Gasteiger partial charge in [-0.2, -0.15) is 0 Å². The molecule has 0 unspecified atom stereocenters. The molecule has 1 aromatic heterocycles. The number of para-hydroxylation sites is 1. The van der Waals surface area contributed by atoms with Crippen LogP contribution in [0.2, 0.25) is 0 Å². The van der Waals surface area contributed by atoms with E-state index in [1.54, 1.807) is 0 Å². The minimum absolute atomic E-state index is 0.758. The molecule has 5 rings (SSSR count). The normalized spacial score (nSPS) is 11.1. The Hall–Kier alpha value is -3.72. The smallest absolute Gasteiger partial charge is 0.162 e. The van der Waals surface area contributed by atoms with Crippen LogP contribution < -0.4 is 4.90 Å². The predicted octanol–water partition coefficient (Wildman–Crippen LogP) is 6.39. The first-order chi connectivity index (χ1) is 14.7. The number of nitrogens with zero attached hydrogens (tertiary/aromatic N) is 3. The van der Waals surface area contributed by atoms with E-state index in [1.165, 1.54) is 21.9 Å². The number of anilines is 1. The van der Waals surface area contributed by atoms with Crippen LogP contribution in [0.1, 0.15) is 11.1 Å². The van der Waals surface area contributed by atoms with Crippen molar-refractivity contribution < 1.29 is 0 Å². The van der Waals surface area contributed by atoms with Crippen molar-refractivity contribution in [2.75, 3.05) is 11.9 Å². The molecule has 1 heterocycles. The van der Waals surface area contributed by atoms with Crippen molar-refractivity contribution >= 4 is 27.5 Å². The first kappa shape index (κ1) is 18.3. The van der Waals surface area contributed by atoms with Crippen molar-refractivity contribution in [2.24, 2.45) is 0 Å². The summed E-state index contributed by atoms with van der Waals surface area (Å²) in [4.78, 5) is 12.1. The van der Waals surface area contributed by atoms with Crippen LogP contribution in [0.5, 0.6) is 0 Å². The number of fused-ring (bicyclic) bond motifs is 2. The quantitative estimate of drug-likeness (QED) is 0.356. The third-order valence-corrected chi connectivity index (χ3v) is 5.54. The van der Waals surface area contributed by atoms with Gasteiger partial charge in [0.15, 0.2) is 5.82 Å². The molecule has 3 nitrogen and oxygen atoms in total. The minimum atomic E-state index is 0.758. The molecule has 0 saturated heterocycles. The third-order valence-electron chi connectivity index (χ3n) is 5.54. The molecule has 0 spiro atoms. The standard InChI is InChI=1S/C27H23N3/c1-19-14-16-21(17-15-19)26-28-25-13-6-5-12-24(25)27(29-26)30(2)18-22-10-7-9-20-8-3-4-11-23(20)22/h3-17H,18H2,1-2H3. The van der Waals surface area contributed by atoms with Crippen molar-refractivity contribution in [1.82, 2.24) is 9.97 Å². The van der Waals surface area contributed by atoms with Gasteiger partial charge < -0.3 is 4.90 Å². The highest BCUT2D eigenvalue weighted by molar-refractivity contribution is 5.91. The highest BCUT2D eigenvalue weighted by Gasteiger charge is 2.14. The van der Waals surface area contributed by atoms with Crippen LogP contribution in [-0.4, -0.2) is 17.0 Å². The number of hydrogen-bond acceptors (Lipinski definition) is 3. The van der Waals surface area contributed by atoms with Gasteiger partial charge in [0.05, 0.1) is 5.52 Å². The van der Waals surface area contributed by atoms with Gasteiger partial charge in [0.25, 0.3) is 0 Å². The molecule has 0 radical (unpaired) electrons. The van der Waals surface area contributed by atoms with Gasteiger partial charge in [-0.15, -0.1) is 0 Å². The van der Waals surface area contributed by atoms with Crippen molar-refractivity contribution in [2.45, 2.75) is 13.5 Å². The molecule has 5 aromatic rings. The highest BCUT2D eigenvalue weighted by atomic mass is 15.2. The molecular formula is C27H23N3. The van der Waals surface area contributed by atoms with Gasteiger partial charge in [-0.25, -0.2) is 9.97 Å². The highest BCUT2D eigenvalue weighted by Crippen LogP contribution is 2.29. The largest absolute Gasteiger partial charge is 0.355 e. The zero-order chi connectivity index (χ0) is 20.5. The summed E-state index contributed by atoms with van der Waals surface area (Å²) < 4.78 is 0. The lowest BCUT2D eigenvalue weighted by Gasteiger charge is -2.22. The Bertz CT molecular complexity index is 1330. The first-order valence-electron chi connectivity index (χ1n) is 10.2. The molecule has 4 aromatic carbocycles. The molecule has 30 heavy (non-hydrogen) atoms. The summed E-state index contributed by atoms with van der Waals surface area (Å²) in [5.74, 6) is 1.71. The lowest BCUT2D eigenvalue weighted by molar-refractivity contribution is 0.908. The van der Waals surface area contributed by atoms with Crippen LogP contribution in [0.15, 0.2) is 91.0 Å². The van der Waals surface area contributed by atoms with Crippen LogP contribution in [0.25, 0.3) is 33.1 Å². The number of aromatic nitrogens is 2. The molecule has 0 atom stereocenters. The Morgan fingerprint density at radius 1 is 0.700 bits per heavy atom. The van der Waals surface area contributed by atoms with Crippen LogP contribution in [0, 0.1) is 6.92 Å².